The van der Waals surface area contributed by atoms with Crippen molar-refractivity contribution in [2.75, 3.05) is 18.5 Å². The van der Waals surface area contributed by atoms with Gasteiger partial charge in [0.15, 0.2) is 0 Å². The van der Waals surface area contributed by atoms with Crippen LogP contribution in [0.1, 0.15) is 47.2 Å². The predicted molar refractivity (Wildman–Crippen MR) is 151 cm³/mol. The molecule has 1 aliphatic heterocycles. The molecule has 0 bridgehead atoms. The Kier molecular flexibility index (Phi) is 6.41. The number of allylic oxidation sites excluding steroid dienone is 1. The van der Waals surface area contributed by atoms with Gasteiger partial charge in [-0.05, 0) is 66.0 Å². The largest absolute Gasteiger partial charge is 0.392 e. The summed E-state index contributed by atoms with van der Waals surface area (Å²) in [6.07, 6.45) is 8.01. The lowest BCUT2D eigenvalue weighted by atomic mass is 9.89. The van der Waals surface area contributed by atoms with E-state index in [1.807, 2.05) is 18.3 Å². The SMILES string of the molecule is C=C(/C(CO)=C(\C)c1cc(Nc2ccncn2)c(=O)n(C)c1)N1CCc2c(sc3c2CC(C)(C)C3)C1=C. The summed E-state index contributed by atoms with van der Waals surface area (Å²) in [6, 6.07) is 3.49. The maximum absolute atomic E-state index is 12.8. The monoisotopic (exact) mass is 515 g/mol. The molecule has 0 saturated carbocycles. The third-order valence-electron chi connectivity index (χ3n) is 7.41. The van der Waals surface area contributed by atoms with Crippen LogP contribution in [0, 0.1) is 5.41 Å². The molecule has 2 aliphatic rings. The van der Waals surface area contributed by atoms with Crippen molar-refractivity contribution in [3.05, 3.63) is 92.1 Å². The maximum Gasteiger partial charge on any atom is 0.274 e. The van der Waals surface area contributed by atoms with Crippen LogP contribution in [-0.4, -0.2) is 37.7 Å². The molecule has 1 aliphatic carbocycles. The average molecular weight is 516 g/mol. The summed E-state index contributed by atoms with van der Waals surface area (Å²) < 4.78 is 1.53. The van der Waals surface area contributed by atoms with E-state index in [9.17, 15) is 9.90 Å². The topological polar surface area (TPSA) is 83.3 Å². The van der Waals surface area contributed by atoms with E-state index in [1.54, 1.807) is 31.6 Å². The van der Waals surface area contributed by atoms with Gasteiger partial charge in [-0.15, -0.1) is 11.3 Å². The molecule has 5 rings (SSSR count). The number of aryl methyl sites for hydroxylation is 1. The van der Waals surface area contributed by atoms with Gasteiger partial charge in [-0.25, -0.2) is 9.97 Å². The molecule has 7 nitrogen and oxygen atoms in total. The first-order valence-electron chi connectivity index (χ1n) is 12.4. The fourth-order valence-electron chi connectivity index (χ4n) is 5.42. The zero-order valence-electron chi connectivity index (χ0n) is 21.9. The predicted octanol–water partition coefficient (Wildman–Crippen LogP) is 4.91. The number of nitrogens with one attached hydrogen (secondary N) is 1. The molecule has 192 valence electrons. The van der Waals surface area contributed by atoms with Crippen LogP contribution in [-0.2, 0) is 26.3 Å². The van der Waals surface area contributed by atoms with Crippen LogP contribution < -0.4 is 10.9 Å². The summed E-state index contributed by atoms with van der Waals surface area (Å²) in [5.74, 6) is 0.532. The average Bonchev–Trinajstić information content (AvgIpc) is 3.35. The Labute approximate surface area is 221 Å². The van der Waals surface area contributed by atoms with Gasteiger partial charge in [0.05, 0.1) is 17.2 Å². The second-order valence-corrected chi connectivity index (χ2v) is 11.8. The van der Waals surface area contributed by atoms with Crippen LogP contribution in [0.3, 0.4) is 0 Å². The van der Waals surface area contributed by atoms with Gasteiger partial charge in [0, 0.05) is 42.1 Å². The number of aromatic nitrogens is 3. The number of nitrogens with zero attached hydrogens (tertiary/aromatic N) is 4. The van der Waals surface area contributed by atoms with Gasteiger partial charge in [-0.2, -0.15) is 0 Å². The van der Waals surface area contributed by atoms with Crippen LogP contribution in [0.5, 0.6) is 0 Å². The number of hydrogen-bond acceptors (Lipinski definition) is 7. The van der Waals surface area contributed by atoms with Gasteiger partial charge in [0.25, 0.3) is 5.56 Å². The molecule has 0 atom stereocenters. The van der Waals surface area contributed by atoms with E-state index in [-0.39, 0.29) is 12.2 Å². The minimum atomic E-state index is -0.176. The van der Waals surface area contributed by atoms with Crippen molar-refractivity contribution in [1.82, 2.24) is 19.4 Å². The fraction of sp³-hybridized carbons (Fsp3) is 0.345. The summed E-state index contributed by atoms with van der Waals surface area (Å²) >= 11 is 1.87. The number of rotatable bonds is 6. The van der Waals surface area contributed by atoms with Crippen molar-refractivity contribution in [2.24, 2.45) is 12.5 Å². The highest BCUT2D eigenvalue weighted by Gasteiger charge is 2.36. The zero-order chi connectivity index (χ0) is 26.5. The van der Waals surface area contributed by atoms with E-state index in [0.29, 0.717) is 16.9 Å². The minimum Gasteiger partial charge on any atom is -0.392 e. The quantitative estimate of drug-likeness (QED) is 0.454. The first-order valence-corrected chi connectivity index (χ1v) is 13.3. The molecule has 0 unspecified atom stereocenters. The zero-order valence-corrected chi connectivity index (χ0v) is 22.7. The Morgan fingerprint density at radius 3 is 2.78 bits per heavy atom. The third kappa shape index (κ3) is 4.55. The molecule has 0 amide bonds. The van der Waals surface area contributed by atoms with Crippen molar-refractivity contribution in [1.29, 1.82) is 0 Å². The standard InChI is InChI=1S/C29H33N5O2S/c1-17(20-11-24(28(36)33(6)14-20)32-26-7-9-30-16-31-26)23(15-35)18(2)34-10-8-21-22-12-29(4,5)13-25(22)37-27(21)19(34)3/h7,9,11,14,16,35H,2-3,8,10,12-13,15H2,1,4-6H3,(H,30,31,32)/b23-17+. The molecule has 2 N–H and O–H groups in total. The van der Waals surface area contributed by atoms with Gasteiger partial charge in [0.1, 0.15) is 17.8 Å². The van der Waals surface area contributed by atoms with Gasteiger partial charge in [-0.3, -0.25) is 4.79 Å². The number of aliphatic hydroxyl groups is 1. The molecule has 37 heavy (non-hydrogen) atoms. The van der Waals surface area contributed by atoms with Gasteiger partial charge >= 0.3 is 0 Å². The van der Waals surface area contributed by atoms with E-state index in [1.165, 1.54) is 31.8 Å². The number of aliphatic hydroxyl groups excluding tert-OH is 1. The Hall–Kier alpha value is -3.49. The highest BCUT2D eigenvalue weighted by atomic mass is 32.1. The Morgan fingerprint density at radius 2 is 2.08 bits per heavy atom. The number of anilines is 2. The van der Waals surface area contributed by atoms with E-state index in [4.69, 9.17) is 0 Å². The lowest BCUT2D eigenvalue weighted by Gasteiger charge is -2.34. The molecule has 4 heterocycles. The molecular weight excluding hydrogens is 482 g/mol. The first-order chi connectivity index (χ1) is 17.6. The van der Waals surface area contributed by atoms with Crippen molar-refractivity contribution in [2.45, 2.75) is 40.0 Å². The van der Waals surface area contributed by atoms with Gasteiger partial charge in [0.2, 0.25) is 0 Å². The smallest absolute Gasteiger partial charge is 0.274 e. The second kappa shape index (κ2) is 9.43. The second-order valence-electron chi connectivity index (χ2n) is 10.7. The van der Waals surface area contributed by atoms with Crippen molar-refractivity contribution in [3.8, 4) is 0 Å². The van der Waals surface area contributed by atoms with E-state index in [0.717, 1.165) is 53.9 Å². The number of hydrogen-bond donors (Lipinski definition) is 2. The number of thiophene rings is 1. The van der Waals surface area contributed by atoms with Crippen molar-refractivity contribution >= 4 is 34.1 Å². The molecule has 3 aromatic rings. The highest BCUT2D eigenvalue weighted by Crippen LogP contribution is 2.48. The van der Waals surface area contributed by atoms with Crippen LogP contribution in [0.15, 0.2) is 60.1 Å². The van der Waals surface area contributed by atoms with Crippen molar-refractivity contribution in [3.63, 3.8) is 0 Å². The van der Waals surface area contributed by atoms with Crippen molar-refractivity contribution < 1.29 is 5.11 Å². The summed E-state index contributed by atoms with van der Waals surface area (Å²) in [7, 11) is 1.71. The molecule has 0 fully saturated rings. The van der Waals surface area contributed by atoms with Gasteiger partial charge in [-0.1, -0.05) is 27.0 Å². The Bertz CT molecular complexity index is 1500. The maximum atomic E-state index is 12.8. The summed E-state index contributed by atoms with van der Waals surface area (Å²) in [5.41, 5.74) is 7.60. The Balaban J connectivity index is 1.46. The molecule has 3 aromatic heterocycles. The summed E-state index contributed by atoms with van der Waals surface area (Å²) in [4.78, 5) is 25.7. The Morgan fingerprint density at radius 1 is 1.30 bits per heavy atom. The van der Waals surface area contributed by atoms with Crippen LogP contribution in [0.25, 0.3) is 11.3 Å². The highest BCUT2D eigenvalue weighted by molar-refractivity contribution is 7.13. The molecule has 0 spiro atoms. The van der Waals surface area contributed by atoms with E-state index < -0.39 is 0 Å². The molecule has 0 radical (unpaired) electrons. The summed E-state index contributed by atoms with van der Waals surface area (Å²) in [6.45, 7) is 16.1. The molecule has 0 saturated heterocycles. The third-order valence-corrected chi connectivity index (χ3v) is 8.74. The van der Waals surface area contributed by atoms with Crippen LogP contribution in [0.4, 0.5) is 11.5 Å². The molecule has 0 aromatic carbocycles. The summed E-state index contributed by atoms with van der Waals surface area (Å²) in [5, 5.41) is 13.5. The lowest BCUT2D eigenvalue weighted by molar-refractivity contribution is 0.326. The van der Waals surface area contributed by atoms with E-state index in [2.05, 4.69) is 47.2 Å². The van der Waals surface area contributed by atoms with Gasteiger partial charge < -0.3 is 19.9 Å². The lowest BCUT2D eigenvalue weighted by Crippen LogP contribution is -2.29. The first kappa shape index (κ1) is 25.2. The number of fused-ring (bicyclic) bond motifs is 3. The molecular formula is C29H33N5O2S. The normalized spacial score (nSPS) is 16.8. The minimum absolute atomic E-state index is 0.173. The van der Waals surface area contributed by atoms with E-state index >= 15 is 0 Å². The number of pyridine rings is 1. The van der Waals surface area contributed by atoms with Crippen LogP contribution in [0.2, 0.25) is 0 Å². The molecule has 8 heteroatoms. The fourth-order valence-corrected chi connectivity index (χ4v) is 7.03. The van der Waals surface area contributed by atoms with Crippen LogP contribution >= 0.6 is 11.3 Å².